The number of carbonyl (C=O) groups is 1. The Hall–Kier alpha value is -2.90. The summed E-state index contributed by atoms with van der Waals surface area (Å²) in [7, 11) is 0. The maximum absolute atomic E-state index is 12.5. The van der Waals surface area contributed by atoms with Gasteiger partial charge in [-0.3, -0.25) is 4.79 Å². The van der Waals surface area contributed by atoms with Gasteiger partial charge in [-0.15, -0.1) is 12.4 Å². The minimum Gasteiger partial charge on any atom is -0.485 e. The van der Waals surface area contributed by atoms with Crippen LogP contribution < -0.4 is 15.8 Å². The van der Waals surface area contributed by atoms with Gasteiger partial charge >= 0.3 is 0 Å². The number of ether oxygens (including phenoxy) is 1. The number of nitrogens with zero attached hydrogens (tertiary/aromatic N) is 2. The molecule has 1 fully saturated rings. The van der Waals surface area contributed by atoms with E-state index in [-0.39, 0.29) is 36.9 Å². The second-order valence-corrected chi connectivity index (χ2v) is 7.35. The SMILES string of the molecule is CC(C(=O)Nc1ccc(OCc2noc(C3CC3)n2)cc1)C(N)c1ccccc1.Cl. The van der Waals surface area contributed by atoms with Crippen LogP contribution in [0.1, 0.15) is 49.0 Å². The van der Waals surface area contributed by atoms with Crippen molar-refractivity contribution in [1.82, 2.24) is 10.1 Å². The molecule has 30 heavy (non-hydrogen) atoms. The third-order valence-electron chi connectivity index (χ3n) is 5.04. The lowest BCUT2D eigenvalue weighted by Crippen LogP contribution is -2.30. The van der Waals surface area contributed by atoms with E-state index in [9.17, 15) is 4.79 Å². The van der Waals surface area contributed by atoms with E-state index in [1.807, 2.05) is 37.3 Å². The Balaban J connectivity index is 0.00000256. The highest BCUT2D eigenvalue weighted by Gasteiger charge is 2.29. The quantitative estimate of drug-likeness (QED) is 0.556. The summed E-state index contributed by atoms with van der Waals surface area (Å²) < 4.78 is 10.9. The number of nitrogens with two attached hydrogens (primary N) is 1. The van der Waals surface area contributed by atoms with E-state index < -0.39 is 0 Å². The van der Waals surface area contributed by atoms with Gasteiger partial charge in [-0.1, -0.05) is 42.4 Å². The van der Waals surface area contributed by atoms with E-state index in [0.717, 1.165) is 18.4 Å². The van der Waals surface area contributed by atoms with Gasteiger partial charge in [0.1, 0.15) is 5.75 Å². The van der Waals surface area contributed by atoms with Gasteiger partial charge in [0, 0.05) is 17.6 Å². The molecule has 3 aromatic rings. The molecule has 7 nitrogen and oxygen atoms in total. The van der Waals surface area contributed by atoms with E-state index in [2.05, 4.69) is 15.5 Å². The molecule has 1 saturated carbocycles. The fourth-order valence-electron chi connectivity index (χ4n) is 2.99. The Kier molecular flexibility index (Phi) is 7.07. The number of benzene rings is 2. The molecule has 2 atom stereocenters. The van der Waals surface area contributed by atoms with E-state index in [1.54, 1.807) is 24.3 Å². The Bertz CT molecular complexity index is 958. The van der Waals surface area contributed by atoms with Gasteiger partial charge in [0.15, 0.2) is 6.61 Å². The minimum atomic E-state index is -0.368. The first-order chi connectivity index (χ1) is 14.1. The van der Waals surface area contributed by atoms with Gasteiger partial charge in [0.05, 0.1) is 5.92 Å². The standard InChI is InChI=1S/C22H24N4O3.ClH/c1-14(20(23)15-5-3-2-4-6-15)21(27)24-17-9-11-18(12-10-17)28-13-19-25-22(29-26-19)16-7-8-16;/h2-6,9-12,14,16,20H,7-8,13,23H2,1H3,(H,24,27);1H. The lowest BCUT2D eigenvalue weighted by atomic mass is 9.94. The molecule has 1 aliphatic rings. The predicted molar refractivity (Wildman–Crippen MR) is 115 cm³/mol. The lowest BCUT2D eigenvalue weighted by molar-refractivity contribution is -0.120. The van der Waals surface area contributed by atoms with Crippen molar-refractivity contribution in [2.45, 2.75) is 38.3 Å². The highest BCUT2D eigenvalue weighted by Crippen LogP contribution is 2.38. The Morgan fingerprint density at radius 2 is 1.90 bits per heavy atom. The van der Waals surface area contributed by atoms with Gasteiger partial charge < -0.3 is 20.3 Å². The van der Waals surface area contributed by atoms with E-state index >= 15 is 0 Å². The van der Waals surface area contributed by atoms with Crippen LogP contribution in [0.2, 0.25) is 0 Å². The molecule has 2 unspecified atom stereocenters. The summed E-state index contributed by atoms with van der Waals surface area (Å²) in [4.78, 5) is 16.9. The van der Waals surface area contributed by atoms with Crippen LogP contribution >= 0.6 is 12.4 Å². The first-order valence-electron chi connectivity index (χ1n) is 9.77. The normalized spacial score (nSPS) is 15.0. The number of amides is 1. The summed E-state index contributed by atoms with van der Waals surface area (Å²) in [6.07, 6.45) is 2.23. The van der Waals surface area contributed by atoms with Gasteiger partial charge in [-0.25, -0.2) is 0 Å². The van der Waals surface area contributed by atoms with Crippen molar-refractivity contribution in [1.29, 1.82) is 0 Å². The maximum atomic E-state index is 12.5. The van der Waals surface area contributed by atoms with Crippen molar-refractivity contribution >= 4 is 24.0 Å². The van der Waals surface area contributed by atoms with E-state index in [1.165, 1.54) is 0 Å². The third-order valence-corrected chi connectivity index (χ3v) is 5.04. The number of carbonyl (C=O) groups excluding carboxylic acids is 1. The summed E-state index contributed by atoms with van der Waals surface area (Å²) >= 11 is 0. The van der Waals surface area contributed by atoms with Crippen LogP contribution in [0.15, 0.2) is 59.1 Å². The van der Waals surface area contributed by atoms with Gasteiger partial charge in [0.25, 0.3) is 0 Å². The van der Waals surface area contributed by atoms with Crippen molar-refractivity contribution in [2.75, 3.05) is 5.32 Å². The van der Waals surface area contributed by atoms with Crippen molar-refractivity contribution < 1.29 is 14.1 Å². The molecule has 158 valence electrons. The molecule has 8 heteroatoms. The second-order valence-electron chi connectivity index (χ2n) is 7.35. The number of aromatic nitrogens is 2. The molecule has 1 aromatic heterocycles. The Morgan fingerprint density at radius 1 is 1.20 bits per heavy atom. The molecule has 1 heterocycles. The van der Waals surface area contributed by atoms with Crippen molar-refractivity contribution in [2.24, 2.45) is 11.7 Å². The first kappa shape index (κ1) is 21.8. The van der Waals surface area contributed by atoms with Gasteiger partial charge in [-0.2, -0.15) is 4.98 Å². The summed E-state index contributed by atoms with van der Waals surface area (Å²) in [5.41, 5.74) is 7.86. The monoisotopic (exact) mass is 428 g/mol. The zero-order chi connectivity index (χ0) is 20.2. The number of hydrogen-bond donors (Lipinski definition) is 2. The van der Waals surface area contributed by atoms with Crippen molar-refractivity contribution in [3.63, 3.8) is 0 Å². The molecule has 0 radical (unpaired) electrons. The molecule has 0 spiro atoms. The van der Waals surface area contributed by atoms with Crippen molar-refractivity contribution in [3.05, 3.63) is 71.9 Å². The molecule has 3 N–H and O–H groups in total. The first-order valence-corrected chi connectivity index (χ1v) is 9.77. The summed E-state index contributed by atoms with van der Waals surface area (Å²) in [6.45, 7) is 2.07. The van der Waals surface area contributed by atoms with E-state index in [0.29, 0.717) is 29.1 Å². The highest BCUT2D eigenvalue weighted by atomic mass is 35.5. The molecule has 2 aromatic carbocycles. The Morgan fingerprint density at radius 3 is 2.57 bits per heavy atom. The number of nitrogens with one attached hydrogen (secondary N) is 1. The molecular weight excluding hydrogens is 404 g/mol. The molecule has 1 aliphatic carbocycles. The highest BCUT2D eigenvalue weighted by molar-refractivity contribution is 5.92. The summed E-state index contributed by atoms with van der Waals surface area (Å²) in [5.74, 6) is 1.82. The van der Waals surface area contributed by atoms with E-state index in [4.69, 9.17) is 15.0 Å². The Labute approximate surface area is 181 Å². The van der Waals surface area contributed by atoms with Crippen LogP contribution in [0, 0.1) is 5.92 Å². The molecule has 0 bridgehead atoms. The summed E-state index contributed by atoms with van der Waals surface area (Å²) in [6, 6.07) is 16.4. The summed E-state index contributed by atoms with van der Waals surface area (Å²) in [5, 5.41) is 6.83. The van der Waals surface area contributed by atoms with Crippen LogP contribution in [0.5, 0.6) is 5.75 Å². The lowest BCUT2D eigenvalue weighted by Gasteiger charge is -2.20. The average molecular weight is 429 g/mol. The number of anilines is 1. The third kappa shape index (κ3) is 5.37. The number of hydrogen-bond acceptors (Lipinski definition) is 6. The topological polar surface area (TPSA) is 103 Å². The smallest absolute Gasteiger partial charge is 0.229 e. The van der Waals surface area contributed by atoms with Crippen LogP contribution in [-0.4, -0.2) is 16.0 Å². The maximum Gasteiger partial charge on any atom is 0.229 e. The molecule has 1 amide bonds. The molecule has 0 saturated heterocycles. The zero-order valence-electron chi connectivity index (χ0n) is 16.7. The predicted octanol–water partition coefficient (Wildman–Crippen LogP) is 4.22. The fourth-order valence-corrected chi connectivity index (χ4v) is 2.99. The van der Waals surface area contributed by atoms with Crippen molar-refractivity contribution in [3.8, 4) is 5.75 Å². The fraction of sp³-hybridized carbons (Fsp3) is 0.318. The van der Waals surface area contributed by atoms with Gasteiger partial charge in [-0.05, 0) is 42.7 Å². The molecule has 0 aliphatic heterocycles. The number of halogens is 1. The molecular formula is C22H25ClN4O3. The largest absolute Gasteiger partial charge is 0.485 e. The van der Waals surface area contributed by atoms with Crippen LogP contribution in [0.4, 0.5) is 5.69 Å². The zero-order valence-corrected chi connectivity index (χ0v) is 17.5. The second kappa shape index (κ2) is 9.73. The number of rotatable bonds is 8. The van der Waals surface area contributed by atoms with Crippen LogP contribution in [0.3, 0.4) is 0 Å². The minimum absolute atomic E-state index is 0. The van der Waals surface area contributed by atoms with Gasteiger partial charge in [0.2, 0.25) is 17.6 Å². The molecule has 4 rings (SSSR count). The average Bonchev–Trinajstić information content (AvgIpc) is 3.50. The van der Waals surface area contributed by atoms with Crippen LogP contribution in [-0.2, 0) is 11.4 Å². The van der Waals surface area contributed by atoms with Crippen LogP contribution in [0.25, 0.3) is 0 Å².